The molecule has 0 aromatic heterocycles. The summed E-state index contributed by atoms with van der Waals surface area (Å²) in [6.07, 6.45) is 0. The molecule has 2 aromatic rings. The van der Waals surface area contributed by atoms with Crippen molar-refractivity contribution in [3.05, 3.63) is 58.1 Å². The van der Waals surface area contributed by atoms with E-state index in [4.69, 9.17) is 23.2 Å². The van der Waals surface area contributed by atoms with Crippen molar-refractivity contribution < 1.29 is 13.2 Å². The molecule has 8 heteroatoms. The summed E-state index contributed by atoms with van der Waals surface area (Å²) in [6, 6.07) is 10.5. The van der Waals surface area contributed by atoms with Gasteiger partial charge >= 0.3 is 0 Å². The van der Waals surface area contributed by atoms with Gasteiger partial charge in [0.1, 0.15) is 0 Å². The van der Waals surface area contributed by atoms with Crippen molar-refractivity contribution in [1.29, 1.82) is 0 Å². The van der Waals surface area contributed by atoms with Gasteiger partial charge in [0, 0.05) is 25.2 Å². The zero-order valence-electron chi connectivity index (χ0n) is 14.7. The maximum atomic E-state index is 12.8. The molecule has 0 radical (unpaired) electrons. The van der Waals surface area contributed by atoms with E-state index in [1.54, 1.807) is 11.0 Å². The predicted octanol–water partition coefficient (Wildman–Crippen LogP) is 4.30. The van der Waals surface area contributed by atoms with E-state index in [1.807, 2.05) is 13.8 Å². The molecule has 0 aliphatic carbocycles. The summed E-state index contributed by atoms with van der Waals surface area (Å²) in [5, 5.41) is 0.730. The third-order valence-electron chi connectivity index (χ3n) is 4.07. The van der Waals surface area contributed by atoms with Crippen LogP contribution in [0.15, 0.2) is 47.4 Å². The molecule has 1 amide bonds. The summed E-state index contributed by atoms with van der Waals surface area (Å²) in [7, 11) is -2.36. The van der Waals surface area contributed by atoms with Crippen molar-refractivity contribution in [3.63, 3.8) is 0 Å². The second-order valence-corrected chi connectivity index (χ2v) is 8.38. The first-order valence-corrected chi connectivity index (χ1v) is 10.2. The van der Waals surface area contributed by atoms with Crippen LogP contribution in [0.25, 0.3) is 0 Å². The minimum absolute atomic E-state index is 0.107. The highest BCUT2D eigenvalue weighted by atomic mass is 35.5. The van der Waals surface area contributed by atoms with E-state index in [0.717, 1.165) is 4.31 Å². The molecule has 0 aliphatic heterocycles. The number of amides is 1. The molecule has 0 N–H and O–H groups in total. The number of nitrogens with zero attached hydrogens (tertiary/aromatic N) is 2. The van der Waals surface area contributed by atoms with E-state index < -0.39 is 10.0 Å². The maximum absolute atomic E-state index is 12.8. The smallest absolute Gasteiger partial charge is 0.264 e. The third-order valence-corrected chi connectivity index (χ3v) is 6.45. The monoisotopic (exact) mass is 414 g/mol. The molecule has 0 atom stereocenters. The van der Waals surface area contributed by atoms with Crippen molar-refractivity contribution in [2.45, 2.75) is 18.7 Å². The lowest BCUT2D eigenvalue weighted by atomic mass is 10.1. The highest BCUT2D eigenvalue weighted by Crippen LogP contribution is 2.28. The van der Waals surface area contributed by atoms with Gasteiger partial charge in [-0.15, -0.1) is 0 Å². The summed E-state index contributed by atoms with van der Waals surface area (Å²) >= 11 is 12.0. The van der Waals surface area contributed by atoms with Crippen LogP contribution in [0, 0.1) is 0 Å². The summed E-state index contributed by atoms with van der Waals surface area (Å²) in [6.45, 7) is 4.82. The van der Waals surface area contributed by atoms with Gasteiger partial charge in [0.05, 0.1) is 21.2 Å². The molecule has 2 aromatic carbocycles. The van der Waals surface area contributed by atoms with E-state index in [2.05, 4.69) is 0 Å². The average Bonchev–Trinajstić information content (AvgIpc) is 2.62. The van der Waals surface area contributed by atoms with Crippen LogP contribution in [0.2, 0.25) is 10.0 Å². The Bertz CT molecular complexity index is 895. The largest absolute Gasteiger partial charge is 0.339 e. The molecule has 0 unspecified atom stereocenters. The van der Waals surface area contributed by atoms with Crippen LogP contribution in [0.5, 0.6) is 0 Å². The molecule has 0 heterocycles. The van der Waals surface area contributed by atoms with E-state index in [9.17, 15) is 13.2 Å². The molecule has 0 saturated heterocycles. The number of hydrogen-bond donors (Lipinski definition) is 0. The predicted molar refractivity (Wildman–Crippen MR) is 106 cm³/mol. The lowest BCUT2D eigenvalue weighted by molar-refractivity contribution is 0.0773. The summed E-state index contributed by atoms with van der Waals surface area (Å²) in [5.74, 6) is -0.237. The van der Waals surface area contributed by atoms with Crippen molar-refractivity contribution in [3.8, 4) is 0 Å². The number of carbonyl (C=O) groups excluding carboxylic acids is 1. The van der Waals surface area contributed by atoms with Gasteiger partial charge in [-0.25, -0.2) is 8.42 Å². The Morgan fingerprint density at radius 2 is 1.58 bits per heavy atom. The normalized spacial score (nSPS) is 11.3. The van der Waals surface area contributed by atoms with Gasteiger partial charge in [-0.2, -0.15) is 0 Å². The van der Waals surface area contributed by atoms with E-state index in [0.29, 0.717) is 23.8 Å². The van der Waals surface area contributed by atoms with Crippen LogP contribution in [0.1, 0.15) is 24.2 Å². The zero-order chi connectivity index (χ0) is 19.5. The molecule has 2 rings (SSSR count). The zero-order valence-corrected chi connectivity index (χ0v) is 17.1. The lowest BCUT2D eigenvalue weighted by Gasteiger charge is -2.23. The molecule has 0 bridgehead atoms. The quantitative estimate of drug-likeness (QED) is 0.707. The van der Waals surface area contributed by atoms with Gasteiger partial charge < -0.3 is 4.90 Å². The lowest BCUT2D eigenvalue weighted by Crippen LogP contribution is -2.31. The Labute approximate surface area is 164 Å². The second kappa shape index (κ2) is 8.29. The Balaban J connectivity index is 2.44. The standard InChI is InChI=1S/C18H20Cl2N2O3S/c1-4-22(5-2)18(23)16-12-14(8-11-17(16)20)21(3)26(24,25)15-9-6-13(19)7-10-15/h6-12H,4-5H2,1-3H3. The van der Waals surface area contributed by atoms with Gasteiger partial charge in [-0.3, -0.25) is 9.10 Å². The molecular formula is C18H20Cl2N2O3S. The van der Waals surface area contributed by atoms with Crippen LogP contribution >= 0.6 is 23.2 Å². The number of carbonyl (C=O) groups is 1. The maximum Gasteiger partial charge on any atom is 0.264 e. The number of anilines is 1. The minimum atomic E-state index is -3.79. The van der Waals surface area contributed by atoms with Crippen LogP contribution < -0.4 is 4.31 Å². The van der Waals surface area contributed by atoms with Crippen LogP contribution in [-0.4, -0.2) is 39.4 Å². The van der Waals surface area contributed by atoms with E-state index >= 15 is 0 Å². The molecular weight excluding hydrogens is 395 g/mol. The van der Waals surface area contributed by atoms with Crippen LogP contribution in [-0.2, 0) is 10.0 Å². The second-order valence-electron chi connectivity index (χ2n) is 5.57. The fraction of sp³-hybridized carbons (Fsp3) is 0.278. The van der Waals surface area contributed by atoms with Gasteiger partial charge in [0.2, 0.25) is 0 Å². The number of halogens is 2. The number of sulfonamides is 1. The van der Waals surface area contributed by atoms with Gasteiger partial charge in [0.25, 0.3) is 15.9 Å². The third kappa shape index (κ3) is 4.14. The van der Waals surface area contributed by atoms with Gasteiger partial charge in [-0.05, 0) is 56.3 Å². The first-order valence-electron chi connectivity index (χ1n) is 8.05. The molecule has 5 nitrogen and oxygen atoms in total. The van der Waals surface area contributed by atoms with Crippen LogP contribution in [0.4, 0.5) is 5.69 Å². The van der Waals surface area contributed by atoms with Crippen molar-refractivity contribution in [2.75, 3.05) is 24.4 Å². The molecule has 0 aliphatic rings. The molecule has 0 saturated carbocycles. The fourth-order valence-electron chi connectivity index (χ4n) is 2.46. The van der Waals surface area contributed by atoms with Gasteiger partial charge in [-0.1, -0.05) is 23.2 Å². The number of benzene rings is 2. The van der Waals surface area contributed by atoms with Crippen LogP contribution in [0.3, 0.4) is 0 Å². The first-order chi connectivity index (χ1) is 12.2. The topological polar surface area (TPSA) is 57.7 Å². The fourth-order valence-corrected chi connectivity index (χ4v) is 3.97. The number of rotatable bonds is 6. The summed E-state index contributed by atoms with van der Waals surface area (Å²) in [5.41, 5.74) is 0.617. The van der Waals surface area contributed by atoms with Crippen molar-refractivity contribution in [2.24, 2.45) is 0 Å². The summed E-state index contributed by atoms with van der Waals surface area (Å²) in [4.78, 5) is 14.3. The summed E-state index contributed by atoms with van der Waals surface area (Å²) < 4.78 is 26.7. The van der Waals surface area contributed by atoms with E-state index in [-0.39, 0.29) is 21.4 Å². The molecule has 0 spiro atoms. The first kappa shape index (κ1) is 20.6. The molecule has 0 fully saturated rings. The van der Waals surface area contributed by atoms with Crippen molar-refractivity contribution in [1.82, 2.24) is 4.90 Å². The van der Waals surface area contributed by atoms with Crippen molar-refractivity contribution >= 4 is 44.8 Å². The SMILES string of the molecule is CCN(CC)C(=O)c1cc(N(C)S(=O)(=O)c2ccc(Cl)cc2)ccc1Cl. The minimum Gasteiger partial charge on any atom is -0.339 e. The molecule has 26 heavy (non-hydrogen) atoms. The van der Waals surface area contributed by atoms with E-state index in [1.165, 1.54) is 43.4 Å². The highest BCUT2D eigenvalue weighted by molar-refractivity contribution is 7.92. The highest BCUT2D eigenvalue weighted by Gasteiger charge is 2.23. The Morgan fingerprint density at radius 1 is 1.00 bits per heavy atom. The Kier molecular flexibility index (Phi) is 6.55. The average molecular weight is 415 g/mol. The Morgan fingerprint density at radius 3 is 2.12 bits per heavy atom. The Hall–Kier alpha value is -1.76. The number of hydrogen-bond acceptors (Lipinski definition) is 3. The van der Waals surface area contributed by atoms with Gasteiger partial charge in [0.15, 0.2) is 0 Å². The molecule has 140 valence electrons.